The summed E-state index contributed by atoms with van der Waals surface area (Å²) in [6.45, 7) is 12.7. The van der Waals surface area contributed by atoms with E-state index in [-0.39, 0.29) is 28.3 Å². The highest BCUT2D eigenvalue weighted by Gasteiger charge is 2.23. The van der Waals surface area contributed by atoms with E-state index in [1.807, 2.05) is 24.3 Å². The fourth-order valence-electron chi connectivity index (χ4n) is 4.12. The van der Waals surface area contributed by atoms with Crippen molar-refractivity contribution in [1.29, 1.82) is 0 Å². The molecule has 0 bridgehead atoms. The molecule has 2 aromatic heterocycles. The lowest BCUT2D eigenvalue weighted by atomic mass is 9.95. The van der Waals surface area contributed by atoms with Gasteiger partial charge in [-0.15, -0.1) is 0 Å². The molecule has 0 fully saturated rings. The number of nitrogens with zero attached hydrogens (tertiary/aromatic N) is 4. The third kappa shape index (κ3) is 10.3. The number of nitrogens with two attached hydrogens (primary N) is 2. The van der Waals surface area contributed by atoms with Gasteiger partial charge in [0.25, 0.3) is 0 Å². The first-order chi connectivity index (χ1) is 20.3. The lowest BCUT2D eigenvalue weighted by Gasteiger charge is -2.27. The minimum atomic E-state index is -0.334. The van der Waals surface area contributed by atoms with Gasteiger partial charge in [-0.3, -0.25) is 0 Å². The molecule has 228 valence electrons. The van der Waals surface area contributed by atoms with Crippen LogP contribution in [0.1, 0.15) is 62.4 Å². The van der Waals surface area contributed by atoms with Crippen molar-refractivity contribution in [3.8, 4) is 12.0 Å². The van der Waals surface area contributed by atoms with Crippen molar-refractivity contribution in [2.75, 3.05) is 11.5 Å². The molecule has 0 unspecified atom stereocenters. The van der Waals surface area contributed by atoms with Crippen molar-refractivity contribution in [2.45, 2.75) is 78.4 Å². The predicted octanol–water partition coefficient (Wildman–Crippen LogP) is 5.24. The number of benzene rings is 2. The van der Waals surface area contributed by atoms with Gasteiger partial charge in [0.1, 0.15) is 30.0 Å². The van der Waals surface area contributed by atoms with E-state index in [0.29, 0.717) is 43.4 Å². The standard InChI is InChI=1S/C32H41ClN8O2/c1-31(2,3)37-17-21-6-10-24(11-7-21)20-43-30-40-27(33)25(28(35)41-30)16-32(4,5)38-18-22-8-12-23(13-9-22)19-42-29-36-15-14-26(34)39-29/h6-15,37-38H,16-20H2,1-5H3,(H2,34,36,39)(H2,35,40,41). The number of rotatable bonds is 13. The highest BCUT2D eigenvalue weighted by molar-refractivity contribution is 6.30. The molecule has 0 aliphatic heterocycles. The molecule has 0 spiro atoms. The first-order valence-corrected chi connectivity index (χ1v) is 14.5. The Hall–Kier alpha value is -3.99. The van der Waals surface area contributed by atoms with Crippen LogP contribution in [0.5, 0.6) is 12.0 Å². The molecule has 2 heterocycles. The normalized spacial score (nSPS) is 11.9. The second-order valence-corrected chi connectivity index (χ2v) is 12.5. The number of hydrogen-bond acceptors (Lipinski definition) is 10. The lowest BCUT2D eigenvalue weighted by molar-refractivity contribution is 0.280. The zero-order valence-corrected chi connectivity index (χ0v) is 26.2. The van der Waals surface area contributed by atoms with Crippen molar-refractivity contribution in [3.05, 3.63) is 93.8 Å². The Morgan fingerprint density at radius 3 is 1.77 bits per heavy atom. The fourth-order valence-corrected chi connectivity index (χ4v) is 4.36. The molecular formula is C32H41ClN8O2. The molecule has 0 aliphatic rings. The van der Waals surface area contributed by atoms with Crippen LogP contribution >= 0.6 is 11.6 Å². The Kier molecular flexibility index (Phi) is 10.4. The second kappa shape index (κ2) is 14.0. The van der Waals surface area contributed by atoms with Crippen molar-refractivity contribution in [3.63, 3.8) is 0 Å². The van der Waals surface area contributed by atoms with Crippen LogP contribution in [0.4, 0.5) is 11.6 Å². The van der Waals surface area contributed by atoms with Crippen LogP contribution in [0, 0.1) is 0 Å². The van der Waals surface area contributed by atoms with Gasteiger partial charge in [0.05, 0.1) is 0 Å². The number of nitrogens with one attached hydrogen (secondary N) is 2. The Labute approximate surface area is 258 Å². The molecule has 43 heavy (non-hydrogen) atoms. The quantitative estimate of drug-likeness (QED) is 0.149. The number of nitrogen functional groups attached to an aromatic ring is 2. The molecule has 6 N–H and O–H groups in total. The number of ether oxygens (including phenoxy) is 2. The third-order valence-corrected chi connectivity index (χ3v) is 6.93. The first kappa shape index (κ1) is 31.9. The molecular weight excluding hydrogens is 564 g/mol. The molecule has 0 radical (unpaired) electrons. The molecule has 0 saturated carbocycles. The van der Waals surface area contributed by atoms with Gasteiger partial charge in [-0.25, -0.2) is 4.98 Å². The van der Waals surface area contributed by atoms with Crippen molar-refractivity contribution >= 4 is 23.2 Å². The Bertz CT molecular complexity index is 1470. The Balaban J connectivity index is 1.27. The Morgan fingerprint density at radius 2 is 1.23 bits per heavy atom. The zero-order valence-electron chi connectivity index (χ0n) is 25.4. The summed E-state index contributed by atoms with van der Waals surface area (Å²) < 4.78 is 11.4. The number of hydrogen-bond donors (Lipinski definition) is 4. The molecule has 4 aromatic rings. The van der Waals surface area contributed by atoms with Gasteiger partial charge < -0.3 is 31.6 Å². The van der Waals surface area contributed by atoms with Gasteiger partial charge in [-0.2, -0.15) is 15.0 Å². The largest absolute Gasteiger partial charge is 0.459 e. The topological polar surface area (TPSA) is 146 Å². The van der Waals surface area contributed by atoms with Crippen molar-refractivity contribution in [1.82, 2.24) is 30.6 Å². The molecule has 0 atom stereocenters. The van der Waals surface area contributed by atoms with Gasteiger partial charge in [-0.1, -0.05) is 60.1 Å². The average Bonchev–Trinajstić information content (AvgIpc) is 2.95. The lowest BCUT2D eigenvalue weighted by Crippen LogP contribution is -2.41. The molecule has 10 nitrogen and oxygen atoms in total. The highest BCUT2D eigenvalue weighted by Crippen LogP contribution is 2.26. The molecule has 0 amide bonds. The van der Waals surface area contributed by atoms with E-state index in [2.05, 4.69) is 89.5 Å². The van der Waals surface area contributed by atoms with Gasteiger partial charge in [0.2, 0.25) is 0 Å². The number of aromatic nitrogens is 4. The van der Waals surface area contributed by atoms with Crippen LogP contribution in [-0.4, -0.2) is 31.0 Å². The van der Waals surface area contributed by atoms with E-state index >= 15 is 0 Å². The maximum absolute atomic E-state index is 6.56. The van der Waals surface area contributed by atoms with Crippen LogP contribution in [0.15, 0.2) is 60.8 Å². The average molecular weight is 605 g/mol. The summed E-state index contributed by atoms with van der Waals surface area (Å²) >= 11 is 6.56. The van der Waals surface area contributed by atoms with Crippen LogP contribution in [0.3, 0.4) is 0 Å². The minimum absolute atomic E-state index is 0.0641. The number of anilines is 2. The van der Waals surface area contributed by atoms with E-state index in [1.54, 1.807) is 12.3 Å². The smallest absolute Gasteiger partial charge is 0.320 e. The summed E-state index contributed by atoms with van der Waals surface area (Å²) in [5, 5.41) is 7.34. The maximum atomic E-state index is 6.56. The van der Waals surface area contributed by atoms with Gasteiger partial charge in [0.15, 0.2) is 0 Å². The summed E-state index contributed by atoms with van der Waals surface area (Å²) in [6.07, 6.45) is 2.10. The first-order valence-electron chi connectivity index (χ1n) is 14.2. The fraction of sp³-hybridized carbons (Fsp3) is 0.375. The molecule has 11 heteroatoms. The minimum Gasteiger partial charge on any atom is -0.459 e. The van der Waals surface area contributed by atoms with Crippen LogP contribution < -0.4 is 31.6 Å². The molecule has 0 saturated heterocycles. The monoisotopic (exact) mass is 604 g/mol. The summed E-state index contributed by atoms with van der Waals surface area (Å²) in [6, 6.07) is 18.4. The number of halogens is 1. The molecule has 0 aliphatic carbocycles. The summed E-state index contributed by atoms with van der Waals surface area (Å²) in [7, 11) is 0. The second-order valence-electron chi connectivity index (χ2n) is 12.2. The van der Waals surface area contributed by atoms with Crippen molar-refractivity contribution in [2.24, 2.45) is 0 Å². The van der Waals surface area contributed by atoms with E-state index in [4.69, 9.17) is 32.5 Å². The maximum Gasteiger partial charge on any atom is 0.320 e. The van der Waals surface area contributed by atoms with E-state index in [9.17, 15) is 0 Å². The summed E-state index contributed by atoms with van der Waals surface area (Å²) in [4.78, 5) is 16.8. The summed E-state index contributed by atoms with van der Waals surface area (Å²) in [5.41, 5.74) is 16.7. The van der Waals surface area contributed by atoms with Gasteiger partial charge >= 0.3 is 12.0 Å². The van der Waals surface area contributed by atoms with Crippen LogP contribution in [0.25, 0.3) is 0 Å². The third-order valence-electron chi connectivity index (χ3n) is 6.62. The van der Waals surface area contributed by atoms with Gasteiger partial charge in [-0.05, 0) is 69.4 Å². The van der Waals surface area contributed by atoms with Crippen LogP contribution in [-0.2, 0) is 32.7 Å². The van der Waals surface area contributed by atoms with Gasteiger partial charge in [0, 0.05) is 35.9 Å². The zero-order chi connectivity index (χ0) is 31.0. The van der Waals surface area contributed by atoms with E-state index in [0.717, 1.165) is 23.2 Å². The van der Waals surface area contributed by atoms with Crippen LogP contribution in [0.2, 0.25) is 5.15 Å². The summed E-state index contributed by atoms with van der Waals surface area (Å²) in [5.74, 6) is 0.677. The predicted molar refractivity (Wildman–Crippen MR) is 171 cm³/mol. The van der Waals surface area contributed by atoms with Crippen molar-refractivity contribution < 1.29 is 9.47 Å². The highest BCUT2D eigenvalue weighted by atomic mass is 35.5. The van der Waals surface area contributed by atoms with E-state index < -0.39 is 0 Å². The Morgan fingerprint density at radius 1 is 0.698 bits per heavy atom. The molecule has 2 aromatic carbocycles. The SMILES string of the molecule is CC(C)(C)NCc1ccc(COc2nc(N)c(CC(C)(C)NCc3ccc(COc4nccc(N)n4)cc3)c(Cl)n2)cc1. The molecule has 4 rings (SSSR count). The van der Waals surface area contributed by atoms with E-state index in [1.165, 1.54) is 5.56 Å².